The summed E-state index contributed by atoms with van der Waals surface area (Å²) in [6.07, 6.45) is -0.283. The van der Waals surface area contributed by atoms with E-state index >= 15 is 0 Å². The van der Waals surface area contributed by atoms with Crippen LogP contribution in [0.1, 0.15) is 18.1 Å². The fraction of sp³-hybridized carbons (Fsp3) is 0.300. The summed E-state index contributed by atoms with van der Waals surface area (Å²) in [5, 5.41) is 6.12. The maximum Gasteiger partial charge on any atom is 0.410 e. The highest BCUT2D eigenvalue weighted by Gasteiger charge is 2.22. The van der Waals surface area contributed by atoms with Crippen molar-refractivity contribution in [3.63, 3.8) is 0 Å². The molecule has 0 saturated carbocycles. The van der Waals surface area contributed by atoms with Gasteiger partial charge in [0.1, 0.15) is 12.6 Å². The number of hydrogen-bond acceptors (Lipinski definition) is 4. The summed E-state index contributed by atoms with van der Waals surface area (Å²) in [6, 6.07) is 15.0. The minimum Gasteiger partial charge on any atom is -0.448 e. The van der Waals surface area contributed by atoms with E-state index in [0.717, 1.165) is 22.5 Å². The molecule has 1 aliphatic heterocycles. The van der Waals surface area contributed by atoms with Crippen LogP contribution >= 0.6 is 0 Å². The summed E-state index contributed by atoms with van der Waals surface area (Å²) in [6.45, 7) is 5.34. The average molecular weight is 353 g/mol. The molecule has 1 heterocycles. The lowest BCUT2D eigenvalue weighted by molar-refractivity contribution is -0.116. The largest absolute Gasteiger partial charge is 0.448 e. The Hall–Kier alpha value is -3.02. The van der Waals surface area contributed by atoms with Crippen LogP contribution in [0.2, 0.25) is 0 Å². The highest BCUT2D eigenvalue weighted by Crippen LogP contribution is 2.16. The van der Waals surface area contributed by atoms with Crippen LogP contribution in [0.3, 0.4) is 0 Å². The Kier molecular flexibility index (Phi) is 5.41. The number of carbonyl (C=O) groups is 2. The second-order valence-electron chi connectivity index (χ2n) is 6.46. The van der Waals surface area contributed by atoms with Crippen molar-refractivity contribution in [3.8, 4) is 0 Å². The first-order valence-electron chi connectivity index (χ1n) is 8.66. The smallest absolute Gasteiger partial charge is 0.410 e. The highest BCUT2D eigenvalue weighted by atomic mass is 16.6. The summed E-state index contributed by atoms with van der Waals surface area (Å²) in [5.41, 5.74) is 3.70. The Bertz CT molecular complexity index is 806. The number of ether oxygens (including phenoxy) is 1. The van der Waals surface area contributed by atoms with Crippen LogP contribution in [-0.4, -0.2) is 36.1 Å². The molecule has 0 radical (unpaired) electrons. The van der Waals surface area contributed by atoms with E-state index in [1.807, 2.05) is 62.4 Å². The lowest BCUT2D eigenvalue weighted by atomic mass is 10.1. The second kappa shape index (κ2) is 7.91. The van der Waals surface area contributed by atoms with Gasteiger partial charge in [0.15, 0.2) is 0 Å². The quantitative estimate of drug-likeness (QED) is 0.835. The van der Waals surface area contributed by atoms with E-state index < -0.39 is 6.04 Å². The van der Waals surface area contributed by atoms with Gasteiger partial charge >= 0.3 is 6.09 Å². The van der Waals surface area contributed by atoms with Gasteiger partial charge in [-0.1, -0.05) is 24.3 Å². The molecule has 2 aromatic rings. The molecule has 0 unspecified atom stereocenters. The summed E-state index contributed by atoms with van der Waals surface area (Å²) >= 11 is 0. The third-order valence-electron chi connectivity index (χ3n) is 4.21. The third-order valence-corrected chi connectivity index (χ3v) is 4.21. The molecular weight excluding hydrogens is 330 g/mol. The van der Waals surface area contributed by atoms with Gasteiger partial charge in [-0.15, -0.1) is 0 Å². The van der Waals surface area contributed by atoms with Gasteiger partial charge in [0.25, 0.3) is 0 Å². The highest BCUT2D eigenvalue weighted by molar-refractivity contribution is 5.96. The second-order valence-corrected chi connectivity index (χ2v) is 6.46. The molecule has 0 bridgehead atoms. The van der Waals surface area contributed by atoms with Crippen molar-refractivity contribution in [3.05, 3.63) is 59.7 Å². The van der Waals surface area contributed by atoms with Crippen molar-refractivity contribution in [2.45, 2.75) is 26.4 Å². The van der Waals surface area contributed by atoms with E-state index in [9.17, 15) is 9.59 Å². The molecular formula is C20H23N3O3. The number of anilines is 2. The van der Waals surface area contributed by atoms with Crippen molar-refractivity contribution in [2.24, 2.45) is 0 Å². The lowest BCUT2D eigenvalue weighted by Crippen LogP contribution is -2.32. The predicted molar refractivity (Wildman–Crippen MR) is 101 cm³/mol. The van der Waals surface area contributed by atoms with E-state index in [1.165, 1.54) is 0 Å². The van der Waals surface area contributed by atoms with Crippen LogP contribution < -0.4 is 10.6 Å². The van der Waals surface area contributed by atoms with Gasteiger partial charge in [-0.25, -0.2) is 4.79 Å². The van der Waals surface area contributed by atoms with Crippen LogP contribution in [0.15, 0.2) is 48.5 Å². The van der Waals surface area contributed by atoms with E-state index in [4.69, 9.17) is 4.74 Å². The Balaban J connectivity index is 1.59. The van der Waals surface area contributed by atoms with Crippen LogP contribution in [0.25, 0.3) is 0 Å². The Labute approximate surface area is 153 Å². The van der Waals surface area contributed by atoms with Gasteiger partial charge in [-0.05, 0) is 49.2 Å². The zero-order valence-corrected chi connectivity index (χ0v) is 15.0. The molecule has 0 aromatic heterocycles. The number of cyclic esters (lactones) is 1. The molecule has 2 aromatic carbocycles. The predicted octanol–water partition coefficient (Wildman–Crippen LogP) is 3.39. The van der Waals surface area contributed by atoms with Crippen LogP contribution in [0, 0.1) is 6.92 Å². The number of carbonyl (C=O) groups excluding carboxylic acids is 2. The number of aryl methyl sites for hydroxylation is 1. The fourth-order valence-corrected chi connectivity index (χ4v) is 2.84. The molecule has 0 spiro atoms. The summed E-state index contributed by atoms with van der Waals surface area (Å²) in [5.74, 6) is -0.107. The molecule has 2 amide bonds. The monoisotopic (exact) mass is 353 g/mol. The molecule has 1 aliphatic rings. The number of nitrogens with zero attached hydrogens (tertiary/aromatic N) is 1. The molecule has 1 fully saturated rings. The van der Waals surface area contributed by atoms with Crippen molar-refractivity contribution >= 4 is 23.4 Å². The van der Waals surface area contributed by atoms with E-state index in [2.05, 4.69) is 10.6 Å². The molecule has 2 N–H and O–H groups in total. The molecule has 3 rings (SSSR count). The minimum atomic E-state index is -0.400. The van der Waals surface area contributed by atoms with Gasteiger partial charge in [-0.2, -0.15) is 0 Å². The summed E-state index contributed by atoms with van der Waals surface area (Å²) < 4.78 is 4.95. The number of hydrogen-bond donors (Lipinski definition) is 2. The Morgan fingerprint density at radius 3 is 2.69 bits per heavy atom. The molecule has 6 heteroatoms. The Morgan fingerprint density at radius 2 is 1.96 bits per heavy atom. The molecule has 1 atom stereocenters. The van der Waals surface area contributed by atoms with Gasteiger partial charge in [0, 0.05) is 17.9 Å². The first-order valence-corrected chi connectivity index (χ1v) is 8.66. The van der Waals surface area contributed by atoms with Gasteiger partial charge < -0.3 is 20.3 Å². The molecule has 136 valence electrons. The van der Waals surface area contributed by atoms with Crippen molar-refractivity contribution in [1.29, 1.82) is 0 Å². The van der Waals surface area contributed by atoms with E-state index in [-0.39, 0.29) is 12.0 Å². The van der Waals surface area contributed by atoms with Gasteiger partial charge in [0.05, 0.1) is 6.54 Å². The third kappa shape index (κ3) is 4.53. The standard InChI is InChI=1S/C20H23N3O3/c1-14-5-3-7-17(11-14)22-19(24)15(2)21-18-8-4-6-16(12-18)13-23-9-10-26-20(23)25/h3-8,11-12,15,21H,9-10,13H2,1-2H3,(H,22,24)/t15-/m0/s1. The minimum absolute atomic E-state index is 0.107. The first kappa shape index (κ1) is 17.8. The maximum atomic E-state index is 12.4. The van der Waals surface area contributed by atoms with Crippen LogP contribution in [0.5, 0.6) is 0 Å². The maximum absolute atomic E-state index is 12.4. The first-order chi connectivity index (χ1) is 12.5. The van der Waals surface area contributed by atoms with Crippen LogP contribution in [0.4, 0.5) is 16.2 Å². The fourth-order valence-electron chi connectivity index (χ4n) is 2.84. The molecule has 1 saturated heterocycles. The SMILES string of the molecule is Cc1cccc(NC(=O)[C@H](C)Nc2cccc(CN3CCOC3=O)c2)c1. The molecule has 0 aliphatic carbocycles. The van der Waals surface area contributed by atoms with Crippen molar-refractivity contribution in [2.75, 3.05) is 23.8 Å². The Morgan fingerprint density at radius 1 is 1.19 bits per heavy atom. The topological polar surface area (TPSA) is 70.7 Å². The van der Waals surface area contributed by atoms with Crippen molar-refractivity contribution < 1.29 is 14.3 Å². The zero-order valence-electron chi connectivity index (χ0n) is 15.0. The van der Waals surface area contributed by atoms with Crippen LogP contribution in [-0.2, 0) is 16.1 Å². The summed E-state index contributed by atoms with van der Waals surface area (Å²) in [7, 11) is 0. The number of rotatable bonds is 6. The van der Waals surface area contributed by atoms with E-state index in [0.29, 0.717) is 19.7 Å². The number of nitrogens with one attached hydrogen (secondary N) is 2. The molecule has 26 heavy (non-hydrogen) atoms. The van der Waals surface area contributed by atoms with Gasteiger partial charge in [-0.3, -0.25) is 4.79 Å². The van der Waals surface area contributed by atoms with E-state index in [1.54, 1.807) is 4.90 Å². The van der Waals surface area contributed by atoms with Crippen molar-refractivity contribution in [1.82, 2.24) is 4.90 Å². The average Bonchev–Trinajstić information content (AvgIpc) is 3.00. The summed E-state index contributed by atoms with van der Waals surface area (Å²) in [4.78, 5) is 25.6. The zero-order chi connectivity index (χ0) is 18.5. The number of benzene rings is 2. The van der Waals surface area contributed by atoms with Gasteiger partial charge in [0.2, 0.25) is 5.91 Å². The normalized spacial score (nSPS) is 14.7. The lowest BCUT2D eigenvalue weighted by Gasteiger charge is -2.17. The molecule has 6 nitrogen and oxygen atoms in total. The number of amides is 2.